The summed E-state index contributed by atoms with van der Waals surface area (Å²) in [6, 6.07) is -1.16. The molecular weight excluding hydrogens is 222 g/mol. The van der Waals surface area contributed by atoms with Crippen molar-refractivity contribution in [3.8, 4) is 0 Å². The number of halogens is 1. The van der Waals surface area contributed by atoms with E-state index in [0.717, 1.165) is 0 Å². The highest BCUT2D eigenvalue weighted by atomic mass is 35.5. The van der Waals surface area contributed by atoms with Crippen LogP contribution >= 0.6 is 11.6 Å². The normalized spacial score (nSPS) is 25.4. The van der Waals surface area contributed by atoms with Crippen LogP contribution in [0.2, 0.25) is 0 Å². The standard InChI is InChI=1S/C9H14ClNO4/c1-5(12)8(9(14)15)11-4-6(3-10)2-7(11)13/h5-6,8,12H,2-4H2,1H3,(H,14,15)/t5-,6?,8-/m0/s1. The van der Waals surface area contributed by atoms with Crippen LogP contribution in [0.3, 0.4) is 0 Å². The number of hydrogen-bond acceptors (Lipinski definition) is 3. The first-order chi connectivity index (χ1) is 6.97. The summed E-state index contributed by atoms with van der Waals surface area (Å²) in [4.78, 5) is 23.6. The lowest BCUT2D eigenvalue weighted by atomic mass is 10.1. The van der Waals surface area contributed by atoms with Gasteiger partial charge >= 0.3 is 5.97 Å². The smallest absolute Gasteiger partial charge is 0.329 e. The molecule has 0 bridgehead atoms. The van der Waals surface area contributed by atoms with Gasteiger partial charge in [0.1, 0.15) is 0 Å². The fraction of sp³-hybridized carbons (Fsp3) is 0.778. The molecule has 2 N–H and O–H groups in total. The number of aliphatic hydroxyl groups is 1. The summed E-state index contributed by atoms with van der Waals surface area (Å²) in [5, 5.41) is 18.2. The highest BCUT2D eigenvalue weighted by Crippen LogP contribution is 2.22. The van der Waals surface area contributed by atoms with Gasteiger partial charge in [-0.1, -0.05) is 0 Å². The minimum Gasteiger partial charge on any atom is -0.480 e. The van der Waals surface area contributed by atoms with E-state index in [-0.39, 0.29) is 18.2 Å². The van der Waals surface area contributed by atoms with Crippen LogP contribution in [-0.4, -0.2) is 51.6 Å². The van der Waals surface area contributed by atoms with E-state index >= 15 is 0 Å². The zero-order chi connectivity index (χ0) is 11.6. The molecule has 3 atom stereocenters. The maximum Gasteiger partial charge on any atom is 0.329 e. The summed E-state index contributed by atoms with van der Waals surface area (Å²) in [7, 11) is 0. The first-order valence-corrected chi connectivity index (χ1v) is 5.27. The number of amides is 1. The number of rotatable bonds is 4. The van der Waals surface area contributed by atoms with E-state index < -0.39 is 18.1 Å². The third kappa shape index (κ3) is 2.60. The molecule has 0 spiro atoms. The largest absolute Gasteiger partial charge is 0.480 e. The van der Waals surface area contributed by atoms with E-state index in [1.807, 2.05) is 0 Å². The Morgan fingerprint density at radius 1 is 1.73 bits per heavy atom. The maximum absolute atomic E-state index is 11.5. The molecule has 1 heterocycles. The van der Waals surface area contributed by atoms with Crippen molar-refractivity contribution < 1.29 is 19.8 Å². The fourth-order valence-corrected chi connectivity index (χ4v) is 1.99. The molecule has 1 aliphatic heterocycles. The summed E-state index contributed by atoms with van der Waals surface area (Å²) in [5.74, 6) is -1.13. The van der Waals surface area contributed by atoms with Gasteiger partial charge in [-0.3, -0.25) is 4.79 Å². The first kappa shape index (κ1) is 12.3. The molecule has 0 aliphatic carbocycles. The molecule has 1 fully saturated rings. The highest BCUT2D eigenvalue weighted by Gasteiger charge is 2.39. The molecule has 1 unspecified atom stereocenters. The second kappa shape index (κ2) is 4.81. The summed E-state index contributed by atoms with van der Waals surface area (Å²) in [5.41, 5.74) is 0. The van der Waals surface area contributed by atoms with Crippen molar-refractivity contribution in [1.82, 2.24) is 4.90 Å². The van der Waals surface area contributed by atoms with Gasteiger partial charge in [0.25, 0.3) is 0 Å². The zero-order valence-corrected chi connectivity index (χ0v) is 9.15. The van der Waals surface area contributed by atoms with Crippen molar-refractivity contribution in [3.05, 3.63) is 0 Å². The molecule has 5 nitrogen and oxygen atoms in total. The summed E-state index contributed by atoms with van der Waals surface area (Å²) < 4.78 is 0. The molecule has 0 aromatic heterocycles. The molecule has 1 rings (SSSR count). The zero-order valence-electron chi connectivity index (χ0n) is 8.39. The SMILES string of the molecule is C[C@H](O)[C@@H](C(=O)O)N1CC(CCl)CC1=O. The monoisotopic (exact) mass is 235 g/mol. The predicted octanol–water partition coefficient (Wildman–Crippen LogP) is -0.0923. The van der Waals surface area contributed by atoms with E-state index in [4.69, 9.17) is 16.7 Å². The van der Waals surface area contributed by atoms with Crippen molar-refractivity contribution in [2.45, 2.75) is 25.5 Å². The van der Waals surface area contributed by atoms with Crippen LogP contribution in [0.5, 0.6) is 0 Å². The predicted molar refractivity (Wildman–Crippen MR) is 53.6 cm³/mol. The lowest BCUT2D eigenvalue weighted by Crippen LogP contribution is -2.48. The Morgan fingerprint density at radius 3 is 2.67 bits per heavy atom. The number of alkyl halides is 1. The molecule has 0 aromatic rings. The van der Waals surface area contributed by atoms with Gasteiger partial charge in [0, 0.05) is 18.8 Å². The van der Waals surface area contributed by atoms with E-state index in [0.29, 0.717) is 12.4 Å². The van der Waals surface area contributed by atoms with Crippen molar-refractivity contribution in [3.63, 3.8) is 0 Å². The quantitative estimate of drug-likeness (QED) is 0.668. The molecule has 1 amide bonds. The van der Waals surface area contributed by atoms with Crippen LogP contribution in [0.1, 0.15) is 13.3 Å². The topological polar surface area (TPSA) is 77.8 Å². The molecule has 86 valence electrons. The van der Waals surface area contributed by atoms with E-state index in [2.05, 4.69) is 0 Å². The van der Waals surface area contributed by atoms with Crippen LogP contribution in [0.25, 0.3) is 0 Å². The summed E-state index contributed by atoms with van der Waals surface area (Å²) >= 11 is 5.61. The number of aliphatic hydroxyl groups excluding tert-OH is 1. The molecule has 6 heteroatoms. The lowest BCUT2D eigenvalue weighted by molar-refractivity contribution is -0.152. The van der Waals surface area contributed by atoms with Crippen LogP contribution in [-0.2, 0) is 9.59 Å². The average molecular weight is 236 g/mol. The number of carboxylic acid groups (broad SMARTS) is 1. The number of carboxylic acids is 1. The highest BCUT2D eigenvalue weighted by molar-refractivity contribution is 6.18. The second-order valence-electron chi connectivity index (χ2n) is 3.79. The van der Waals surface area contributed by atoms with Gasteiger partial charge < -0.3 is 15.1 Å². The Hall–Kier alpha value is -0.810. The van der Waals surface area contributed by atoms with Crippen LogP contribution in [0.15, 0.2) is 0 Å². The number of aliphatic carboxylic acids is 1. The number of carbonyl (C=O) groups excluding carboxylic acids is 1. The molecule has 0 aromatic carbocycles. The molecular formula is C9H14ClNO4. The van der Waals surface area contributed by atoms with E-state index in [1.165, 1.54) is 11.8 Å². The maximum atomic E-state index is 11.5. The minimum atomic E-state index is -1.19. The minimum absolute atomic E-state index is 0.0141. The lowest BCUT2D eigenvalue weighted by Gasteiger charge is -2.26. The number of nitrogens with zero attached hydrogens (tertiary/aromatic N) is 1. The molecule has 15 heavy (non-hydrogen) atoms. The van der Waals surface area contributed by atoms with Gasteiger partial charge in [-0.05, 0) is 12.8 Å². The first-order valence-electron chi connectivity index (χ1n) is 4.73. The van der Waals surface area contributed by atoms with Crippen molar-refractivity contribution >= 4 is 23.5 Å². The van der Waals surface area contributed by atoms with Gasteiger partial charge in [-0.2, -0.15) is 0 Å². The van der Waals surface area contributed by atoms with E-state index in [1.54, 1.807) is 0 Å². The van der Waals surface area contributed by atoms with Gasteiger partial charge in [-0.15, -0.1) is 11.6 Å². The van der Waals surface area contributed by atoms with Crippen molar-refractivity contribution in [2.24, 2.45) is 5.92 Å². The average Bonchev–Trinajstić information content (AvgIpc) is 2.46. The molecule has 0 saturated carbocycles. The fourth-order valence-electron chi connectivity index (χ4n) is 1.78. The Morgan fingerprint density at radius 2 is 2.33 bits per heavy atom. The third-order valence-corrected chi connectivity index (χ3v) is 2.94. The Kier molecular flexibility index (Phi) is 3.93. The summed E-state index contributed by atoms with van der Waals surface area (Å²) in [6.45, 7) is 1.67. The van der Waals surface area contributed by atoms with Crippen LogP contribution < -0.4 is 0 Å². The van der Waals surface area contributed by atoms with Gasteiger partial charge in [0.2, 0.25) is 5.91 Å². The van der Waals surface area contributed by atoms with Gasteiger partial charge in [0.05, 0.1) is 6.10 Å². The van der Waals surface area contributed by atoms with Gasteiger partial charge in [-0.25, -0.2) is 4.79 Å². The number of likely N-dealkylation sites (tertiary alicyclic amines) is 1. The van der Waals surface area contributed by atoms with Crippen molar-refractivity contribution in [2.75, 3.05) is 12.4 Å². The van der Waals surface area contributed by atoms with E-state index in [9.17, 15) is 14.7 Å². The van der Waals surface area contributed by atoms with Crippen LogP contribution in [0, 0.1) is 5.92 Å². The third-order valence-electron chi connectivity index (χ3n) is 2.50. The molecule has 1 saturated heterocycles. The Bertz CT molecular complexity index is 269. The Labute approximate surface area is 92.6 Å². The van der Waals surface area contributed by atoms with Crippen molar-refractivity contribution in [1.29, 1.82) is 0 Å². The number of hydrogen-bond donors (Lipinski definition) is 2. The second-order valence-corrected chi connectivity index (χ2v) is 4.10. The van der Waals surface area contributed by atoms with Crippen LogP contribution in [0.4, 0.5) is 0 Å². The molecule has 0 radical (unpaired) electrons. The number of carbonyl (C=O) groups is 2. The molecule has 1 aliphatic rings. The Balaban J connectivity index is 2.77. The van der Waals surface area contributed by atoms with Gasteiger partial charge in [0.15, 0.2) is 6.04 Å². The summed E-state index contributed by atoms with van der Waals surface area (Å²) in [6.07, 6.45) is -0.819.